The van der Waals surface area contributed by atoms with Crippen LogP contribution in [0.4, 0.5) is 0 Å². The Kier molecular flexibility index (Phi) is 1.89. The Labute approximate surface area is 79.1 Å². The highest BCUT2D eigenvalue weighted by Crippen LogP contribution is 2.25. The molecule has 62 valence electrons. The summed E-state index contributed by atoms with van der Waals surface area (Å²) < 4.78 is 1.07. The van der Waals surface area contributed by atoms with Gasteiger partial charge in [0.05, 0.1) is 11.7 Å². The number of H-pyrrole nitrogens is 1. The SMILES string of the molecule is CCc1c[nH]c2cncc(Br)c12. The molecule has 2 rings (SSSR count). The predicted molar refractivity (Wildman–Crippen MR) is 53.2 cm³/mol. The largest absolute Gasteiger partial charge is 0.360 e. The summed E-state index contributed by atoms with van der Waals surface area (Å²) in [5.41, 5.74) is 2.43. The molecule has 0 radical (unpaired) electrons. The van der Waals surface area contributed by atoms with E-state index in [9.17, 15) is 0 Å². The zero-order valence-corrected chi connectivity index (χ0v) is 8.35. The van der Waals surface area contributed by atoms with Crippen LogP contribution in [-0.4, -0.2) is 9.97 Å². The van der Waals surface area contributed by atoms with Crippen molar-refractivity contribution in [3.05, 3.63) is 28.6 Å². The first-order valence-corrected chi connectivity index (χ1v) is 4.71. The summed E-state index contributed by atoms with van der Waals surface area (Å²) in [7, 11) is 0. The van der Waals surface area contributed by atoms with Crippen molar-refractivity contribution in [1.82, 2.24) is 9.97 Å². The molecule has 1 N–H and O–H groups in total. The molecule has 0 aromatic carbocycles. The van der Waals surface area contributed by atoms with E-state index in [0.717, 1.165) is 16.4 Å². The van der Waals surface area contributed by atoms with Crippen LogP contribution in [0.2, 0.25) is 0 Å². The molecular formula is C9H9BrN2. The zero-order chi connectivity index (χ0) is 8.55. The molecule has 0 fully saturated rings. The third-order valence-corrected chi connectivity index (χ3v) is 2.60. The predicted octanol–water partition coefficient (Wildman–Crippen LogP) is 2.89. The fraction of sp³-hybridized carbons (Fsp3) is 0.222. The van der Waals surface area contributed by atoms with Crippen molar-refractivity contribution in [2.75, 3.05) is 0 Å². The smallest absolute Gasteiger partial charge is 0.0654 e. The second-order valence-electron chi connectivity index (χ2n) is 2.71. The van der Waals surface area contributed by atoms with E-state index in [0.29, 0.717) is 0 Å². The second kappa shape index (κ2) is 2.90. The highest BCUT2D eigenvalue weighted by Gasteiger charge is 2.04. The number of pyridine rings is 1. The van der Waals surface area contributed by atoms with Gasteiger partial charge in [0.15, 0.2) is 0 Å². The molecule has 0 saturated carbocycles. The van der Waals surface area contributed by atoms with Crippen molar-refractivity contribution in [1.29, 1.82) is 0 Å². The Hall–Kier alpha value is -0.830. The molecule has 0 aliphatic rings. The summed E-state index contributed by atoms with van der Waals surface area (Å²) >= 11 is 3.49. The van der Waals surface area contributed by atoms with E-state index < -0.39 is 0 Å². The summed E-state index contributed by atoms with van der Waals surface area (Å²) in [6, 6.07) is 0. The Morgan fingerprint density at radius 3 is 3.08 bits per heavy atom. The van der Waals surface area contributed by atoms with Crippen molar-refractivity contribution >= 4 is 26.8 Å². The van der Waals surface area contributed by atoms with Gasteiger partial charge in [0.1, 0.15) is 0 Å². The molecule has 2 nitrogen and oxygen atoms in total. The Morgan fingerprint density at radius 1 is 1.50 bits per heavy atom. The number of nitrogens with zero attached hydrogens (tertiary/aromatic N) is 1. The van der Waals surface area contributed by atoms with Gasteiger partial charge in [0, 0.05) is 22.3 Å². The van der Waals surface area contributed by atoms with Crippen molar-refractivity contribution in [2.24, 2.45) is 0 Å². The molecule has 0 saturated heterocycles. The molecular weight excluding hydrogens is 216 g/mol. The molecule has 3 heteroatoms. The van der Waals surface area contributed by atoms with Crippen LogP contribution < -0.4 is 0 Å². The quantitative estimate of drug-likeness (QED) is 0.794. The van der Waals surface area contributed by atoms with Crippen LogP contribution in [0.5, 0.6) is 0 Å². The first-order valence-electron chi connectivity index (χ1n) is 3.92. The highest BCUT2D eigenvalue weighted by atomic mass is 79.9. The zero-order valence-electron chi connectivity index (χ0n) is 6.76. The molecule has 0 bridgehead atoms. The first kappa shape index (κ1) is 7.80. The lowest BCUT2D eigenvalue weighted by atomic mass is 10.2. The van der Waals surface area contributed by atoms with Gasteiger partial charge in [-0.25, -0.2) is 0 Å². The fourth-order valence-electron chi connectivity index (χ4n) is 1.39. The monoisotopic (exact) mass is 224 g/mol. The van der Waals surface area contributed by atoms with Crippen molar-refractivity contribution < 1.29 is 0 Å². The normalized spacial score (nSPS) is 10.8. The van der Waals surface area contributed by atoms with Crippen LogP contribution in [0.15, 0.2) is 23.1 Å². The van der Waals surface area contributed by atoms with Crippen LogP contribution in [0.3, 0.4) is 0 Å². The maximum absolute atomic E-state index is 4.08. The van der Waals surface area contributed by atoms with Crippen molar-refractivity contribution in [2.45, 2.75) is 13.3 Å². The molecule has 2 aromatic rings. The third-order valence-electron chi connectivity index (χ3n) is 2.00. The molecule has 0 aliphatic heterocycles. The lowest BCUT2D eigenvalue weighted by Crippen LogP contribution is -1.78. The van der Waals surface area contributed by atoms with E-state index in [1.807, 2.05) is 18.6 Å². The fourth-order valence-corrected chi connectivity index (χ4v) is 1.97. The van der Waals surface area contributed by atoms with E-state index in [-0.39, 0.29) is 0 Å². The van der Waals surface area contributed by atoms with E-state index in [4.69, 9.17) is 0 Å². The van der Waals surface area contributed by atoms with Crippen LogP contribution >= 0.6 is 15.9 Å². The van der Waals surface area contributed by atoms with Gasteiger partial charge in [-0.05, 0) is 27.9 Å². The van der Waals surface area contributed by atoms with Crippen LogP contribution in [-0.2, 0) is 6.42 Å². The number of hydrogen-bond acceptors (Lipinski definition) is 1. The topological polar surface area (TPSA) is 28.7 Å². The van der Waals surface area contributed by atoms with Gasteiger partial charge >= 0.3 is 0 Å². The Morgan fingerprint density at radius 2 is 2.33 bits per heavy atom. The van der Waals surface area contributed by atoms with Gasteiger partial charge in [-0.1, -0.05) is 6.92 Å². The van der Waals surface area contributed by atoms with Gasteiger partial charge in [-0.3, -0.25) is 4.98 Å². The van der Waals surface area contributed by atoms with Gasteiger partial charge in [0.25, 0.3) is 0 Å². The van der Waals surface area contributed by atoms with Crippen LogP contribution in [0.1, 0.15) is 12.5 Å². The Bertz CT molecular complexity index is 406. The molecule has 12 heavy (non-hydrogen) atoms. The first-order chi connectivity index (χ1) is 5.83. The van der Waals surface area contributed by atoms with E-state index >= 15 is 0 Å². The number of aryl methyl sites for hydroxylation is 1. The maximum Gasteiger partial charge on any atom is 0.0654 e. The summed E-state index contributed by atoms with van der Waals surface area (Å²) in [5, 5.41) is 1.26. The number of aromatic amines is 1. The van der Waals surface area contributed by atoms with Gasteiger partial charge < -0.3 is 4.98 Å². The van der Waals surface area contributed by atoms with Crippen LogP contribution in [0, 0.1) is 0 Å². The summed E-state index contributed by atoms with van der Waals surface area (Å²) in [6.07, 6.45) is 6.76. The molecule has 0 atom stereocenters. The van der Waals surface area contributed by atoms with Gasteiger partial charge in [-0.2, -0.15) is 0 Å². The maximum atomic E-state index is 4.08. The lowest BCUT2D eigenvalue weighted by molar-refractivity contribution is 1.15. The van der Waals surface area contributed by atoms with Crippen LogP contribution in [0.25, 0.3) is 10.9 Å². The van der Waals surface area contributed by atoms with Crippen molar-refractivity contribution in [3.63, 3.8) is 0 Å². The van der Waals surface area contributed by atoms with Gasteiger partial charge in [-0.15, -0.1) is 0 Å². The summed E-state index contributed by atoms with van der Waals surface area (Å²) in [5.74, 6) is 0. The van der Waals surface area contributed by atoms with E-state index in [1.165, 1.54) is 10.9 Å². The average Bonchev–Trinajstić information content (AvgIpc) is 2.49. The summed E-state index contributed by atoms with van der Waals surface area (Å²) in [4.78, 5) is 7.27. The minimum Gasteiger partial charge on any atom is -0.360 e. The molecule has 0 spiro atoms. The number of fused-ring (bicyclic) bond motifs is 1. The molecule has 0 amide bonds. The van der Waals surface area contributed by atoms with E-state index in [2.05, 4.69) is 32.8 Å². The van der Waals surface area contributed by atoms with Crippen molar-refractivity contribution in [3.8, 4) is 0 Å². The molecule has 2 heterocycles. The standard InChI is InChI=1S/C9H9BrN2/c1-2-6-3-12-8-5-11-4-7(10)9(6)8/h3-5,12H,2H2,1H3. The van der Waals surface area contributed by atoms with Gasteiger partial charge in [0.2, 0.25) is 0 Å². The number of nitrogens with one attached hydrogen (secondary N) is 1. The number of halogens is 1. The minimum absolute atomic E-state index is 1.04. The number of rotatable bonds is 1. The molecule has 0 aliphatic carbocycles. The Balaban J connectivity index is 2.83. The minimum atomic E-state index is 1.04. The second-order valence-corrected chi connectivity index (χ2v) is 3.57. The highest BCUT2D eigenvalue weighted by molar-refractivity contribution is 9.10. The average molecular weight is 225 g/mol. The molecule has 0 unspecified atom stereocenters. The molecule has 2 aromatic heterocycles. The third kappa shape index (κ3) is 1.05. The summed E-state index contributed by atoms with van der Waals surface area (Å²) in [6.45, 7) is 2.15. The number of aromatic nitrogens is 2. The van der Waals surface area contributed by atoms with E-state index in [1.54, 1.807) is 0 Å². The number of hydrogen-bond donors (Lipinski definition) is 1. The lowest BCUT2D eigenvalue weighted by Gasteiger charge is -1.95.